The number of nitrogens with one attached hydrogen (secondary N) is 2. The number of ether oxygens (including phenoxy) is 1. The maximum Gasteiger partial charge on any atom is 0.175 e. The predicted octanol–water partition coefficient (Wildman–Crippen LogP) is 4.50. The molecule has 0 saturated heterocycles. The third-order valence-electron chi connectivity index (χ3n) is 2.54. The number of benzene rings is 2. The molecule has 0 aliphatic carbocycles. The summed E-state index contributed by atoms with van der Waals surface area (Å²) in [6.07, 6.45) is 0. The summed E-state index contributed by atoms with van der Waals surface area (Å²) in [5.74, 6) is 0.793. The van der Waals surface area contributed by atoms with Crippen LogP contribution >= 0.6 is 34.8 Å². The van der Waals surface area contributed by atoms with E-state index in [9.17, 15) is 0 Å². The number of rotatable bonds is 4. The number of anilines is 2. The Kier molecular flexibility index (Phi) is 5.60. The SMILES string of the molecule is CCOc1ccccc1NC(=S)Nc1ccc(I)cc1. The van der Waals surface area contributed by atoms with E-state index in [1.54, 1.807) is 0 Å². The monoisotopic (exact) mass is 398 g/mol. The number of para-hydroxylation sites is 2. The zero-order valence-corrected chi connectivity index (χ0v) is 14.0. The topological polar surface area (TPSA) is 33.3 Å². The Morgan fingerprint density at radius 1 is 1.10 bits per heavy atom. The molecule has 2 N–H and O–H groups in total. The molecule has 20 heavy (non-hydrogen) atoms. The van der Waals surface area contributed by atoms with Gasteiger partial charge in [-0.25, -0.2) is 0 Å². The Morgan fingerprint density at radius 3 is 2.50 bits per heavy atom. The third-order valence-corrected chi connectivity index (χ3v) is 3.46. The van der Waals surface area contributed by atoms with Gasteiger partial charge in [0.2, 0.25) is 0 Å². The standard InChI is InChI=1S/C15H15IN2OS/c1-2-19-14-6-4-3-5-13(14)18-15(20)17-12-9-7-11(16)8-10-12/h3-10H,2H2,1H3,(H2,17,18,20). The average Bonchev–Trinajstić information content (AvgIpc) is 2.44. The molecule has 5 heteroatoms. The zero-order valence-electron chi connectivity index (χ0n) is 11.0. The van der Waals surface area contributed by atoms with Crippen molar-refractivity contribution in [2.24, 2.45) is 0 Å². The lowest BCUT2D eigenvalue weighted by Crippen LogP contribution is -2.19. The molecule has 2 aromatic rings. The fourth-order valence-electron chi connectivity index (χ4n) is 1.67. The molecule has 0 bridgehead atoms. The molecule has 0 saturated carbocycles. The summed E-state index contributed by atoms with van der Waals surface area (Å²) in [5.41, 5.74) is 1.81. The van der Waals surface area contributed by atoms with Gasteiger partial charge in [0, 0.05) is 9.26 Å². The molecule has 0 spiro atoms. The summed E-state index contributed by atoms with van der Waals surface area (Å²) < 4.78 is 6.74. The molecule has 0 aliphatic heterocycles. The highest BCUT2D eigenvalue weighted by molar-refractivity contribution is 14.1. The fraction of sp³-hybridized carbons (Fsp3) is 0.133. The van der Waals surface area contributed by atoms with Crippen molar-refractivity contribution in [3.63, 3.8) is 0 Å². The molecule has 0 atom stereocenters. The number of hydrogen-bond donors (Lipinski definition) is 2. The minimum atomic E-state index is 0.540. The molecule has 0 radical (unpaired) electrons. The average molecular weight is 398 g/mol. The summed E-state index contributed by atoms with van der Waals surface area (Å²) in [5, 5.41) is 6.84. The Morgan fingerprint density at radius 2 is 1.80 bits per heavy atom. The van der Waals surface area contributed by atoms with E-state index in [0.29, 0.717) is 11.7 Å². The van der Waals surface area contributed by atoms with Gasteiger partial charge in [0.25, 0.3) is 0 Å². The second-order valence-electron chi connectivity index (χ2n) is 4.02. The van der Waals surface area contributed by atoms with Crippen molar-refractivity contribution in [1.82, 2.24) is 0 Å². The minimum Gasteiger partial charge on any atom is -0.492 e. The van der Waals surface area contributed by atoms with Crippen molar-refractivity contribution < 1.29 is 4.74 Å². The highest BCUT2D eigenvalue weighted by Crippen LogP contribution is 2.24. The predicted molar refractivity (Wildman–Crippen MR) is 96.6 cm³/mol. The molecule has 3 nitrogen and oxygen atoms in total. The van der Waals surface area contributed by atoms with Crippen LogP contribution in [-0.4, -0.2) is 11.7 Å². The van der Waals surface area contributed by atoms with Crippen LogP contribution in [0.1, 0.15) is 6.92 Å². The molecular weight excluding hydrogens is 383 g/mol. The highest BCUT2D eigenvalue weighted by Gasteiger charge is 2.04. The Labute approximate surface area is 137 Å². The van der Waals surface area contributed by atoms with Crippen molar-refractivity contribution in [2.75, 3.05) is 17.2 Å². The van der Waals surface area contributed by atoms with Gasteiger partial charge in [0.05, 0.1) is 12.3 Å². The van der Waals surface area contributed by atoms with Gasteiger partial charge in [-0.15, -0.1) is 0 Å². The first kappa shape index (κ1) is 15.1. The first-order chi connectivity index (χ1) is 9.69. The van der Waals surface area contributed by atoms with Crippen LogP contribution in [0, 0.1) is 3.57 Å². The molecule has 0 unspecified atom stereocenters. The maximum absolute atomic E-state index is 5.55. The van der Waals surface area contributed by atoms with E-state index < -0.39 is 0 Å². The van der Waals surface area contributed by atoms with E-state index in [1.165, 1.54) is 3.57 Å². The van der Waals surface area contributed by atoms with Gasteiger partial charge in [-0.3, -0.25) is 0 Å². The molecule has 0 aliphatic rings. The van der Waals surface area contributed by atoms with Crippen molar-refractivity contribution in [3.8, 4) is 5.75 Å². The lowest BCUT2D eigenvalue weighted by atomic mass is 10.3. The van der Waals surface area contributed by atoms with Gasteiger partial charge in [0.1, 0.15) is 5.75 Å². The van der Waals surface area contributed by atoms with Crippen molar-refractivity contribution >= 4 is 51.3 Å². The molecule has 0 amide bonds. The fourth-order valence-corrected chi connectivity index (χ4v) is 2.26. The molecule has 2 aromatic carbocycles. The summed E-state index contributed by atoms with van der Waals surface area (Å²) in [6.45, 7) is 2.58. The molecule has 104 valence electrons. The summed E-state index contributed by atoms with van der Waals surface area (Å²) in [7, 11) is 0. The lowest BCUT2D eigenvalue weighted by Gasteiger charge is -2.14. The Balaban J connectivity index is 2.02. The van der Waals surface area contributed by atoms with E-state index in [1.807, 2.05) is 55.5 Å². The minimum absolute atomic E-state index is 0.540. The van der Waals surface area contributed by atoms with Crippen LogP contribution in [0.15, 0.2) is 48.5 Å². The van der Waals surface area contributed by atoms with Gasteiger partial charge < -0.3 is 15.4 Å². The van der Waals surface area contributed by atoms with Crippen LogP contribution in [-0.2, 0) is 0 Å². The lowest BCUT2D eigenvalue weighted by molar-refractivity contribution is 0.342. The van der Waals surface area contributed by atoms with E-state index in [4.69, 9.17) is 17.0 Å². The van der Waals surface area contributed by atoms with Gasteiger partial charge in [-0.1, -0.05) is 12.1 Å². The van der Waals surface area contributed by atoms with E-state index in [0.717, 1.165) is 17.1 Å². The van der Waals surface area contributed by atoms with E-state index in [2.05, 4.69) is 33.2 Å². The molecule has 0 heterocycles. The van der Waals surface area contributed by atoms with Gasteiger partial charge in [-0.05, 0) is 78.1 Å². The van der Waals surface area contributed by atoms with Crippen LogP contribution < -0.4 is 15.4 Å². The van der Waals surface area contributed by atoms with Gasteiger partial charge in [0.15, 0.2) is 5.11 Å². The largest absolute Gasteiger partial charge is 0.492 e. The normalized spacial score (nSPS) is 9.90. The summed E-state index contributed by atoms with van der Waals surface area (Å²) >= 11 is 7.58. The van der Waals surface area contributed by atoms with Crippen molar-refractivity contribution in [2.45, 2.75) is 6.92 Å². The van der Waals surface area contributed by atoms with Crippen LogP contribution in [0.25, 0.3) is 0 Å². The summed E-state index contributed by atoms with van der Waals surface area (Å²) in [6, 6.07) is 15.8. The van der Waals surface area contributed by atoms with Crippen molar-refractivity contribution in [1.29, 1.82) is 0 Å². The number of halogens is 1. The highest BCUT2D eigenvalue weighted by atomic mass is 127. The van der Waals surface area contributed by atoms with E-state index in [-0.39, 0.29) is 0 Å². The van der Waals surface area contributed by atoms with Crippen LogP contribution in [0.3, 0.4) is 0 Å². The number of hydrogen-bond acceptors (Lipinski definition) is 2. The van der Waals surface area contributed by atoms with E-state index >= 15 is 0 Å². The molecule has 0 fully saturated rings. The van der Waals surface area contributed by atoms with Crippen LogP contribution in [0.5, 0.6) is 5.75 Å². The van der Waals surface area contributed by atoms with Crippen LogP contribution in [0.4, 0.5) is 11.4 Å². The quantitative estimate of drug-likeness (QED) is 0.587. The second-order valence-corrected chi connectivity index (χ2v) is 5.67. The summed E-state index contributed by atoms with van der Waals surface area (Å²) in [4.78, 5) is 0. The molecule has 0 aromatic heterocycles. The molecule has 2 rings (SSSR count). The maximum atomic E-state index is 5.55. The first-order valence-electron chi connectivity index (χ1n) is 6.24. The van der Waals surface area contributed by atoms with Gasteiger partial charge in [-0.2, -0.15) is 0 Å². The Bertz CT molecular complexity index is 587. The molecular formula is C15H15IN2OS. The second kappa shape index (κ2) is 7.44. The van der Waals surface area contributed by atoms with Gasteiger partial charge >= 0.3 is 0 Å². The smallest absolute Gasteiger partial charge is 0.175 e. The van der Waals surface area contributed by atoms with Crippen LogP contribution in [0.2, 0.25) is 0 Å². The van der Waals surface area contributed by atoms with Crippen molar-refractivity contribution in [3.05, 3.63) is 52.1 Å². The first-order valence-corrected chi connectivity index (χ1v) is 7.73. The number of thiocarbonyl (C=S) groups is 1. The zero-order chi connectivity index (χ0) is 14.4. The Hall–Kier alpha value is -1.34. The third kappa shape index (κ3) is 4.35.